The van der Waals surface area contributed by atoms with Crippen molar-refractivity contribution in [3.63, 3.8) is 0 Å². The van der Waals surface area contributed by atoms with Gasteiger partial charge in [0.05, 0.1) is 6.07 Å². The summed E-state index contributed by atoms with van der Waals surface area (Å²) in [6.07, 6.45) is 8.99. The third-order valence-electron chi connectivity index (χ3n) is 3.59. The predicted molar refractivity (Wildman–Crippen MR) is 75.8 cm³/mol. The Bertz CT molecular complexity index is 594. The number of anilines is 1. The molecule has 3 rings (SSSR count). The van der Waals surface area contributed by atoms with Crippen molar-refractivity contribution in [1.29, 1.82) is 5.26 Å². The molecule has 3 heterocycles. The molecular formula is C15H15N5. The Morgan fingerprint density at radius 2 is 1.85 bits per heavy atom. The number of aromatic nitrogens is 3. The van der Waals surface area contributed by atoms with Gasteiger partial charge in [0, 0.05) is 54.9 Å². The first-order chi connectivity index (χ1) is 9.86. The molecule has 0 aliphatic carbocycles. The minimum Gasteiger partial charge on any atom is -0.341 e. The highest BCUT2D eigenvalue weighted by Crippen LogP contribution is 2.21. The van der Waals surface area contributed by atoms with Crippen LogP contribution in [0.4, 0.5) is 5.95 Å². The van der Waals surface area contributed by atoms with Crippen LogP contribution in [0.2, 0.25) is 0 Å². The molecule has 1 aliphatic rings. The maximum Gasteiger partial charge on any atom is 0.225 e. The number of nitriles is 1. The standard InChI is InChI=1S/C15H15N5/c16-8-12-3-6-20(7-4-12)15-18-10-14(11-19-15)13-2-1-5-17-9-13/h1-2,5,9-12H,3-4,6-7H2. The third-order valence-corrected chi connectivity index (χ3v) is 3.59. The first-order valence-corrected chi connectivity index (χ1v) is 6.74. The monoisotopic (exact) mass is 265 g/mol. The van der Waals surface area contributed by atoms with Crippen LogP contribution in [0.5, 0.6) is 0 Å². The van der Waals surface area contributed by atoms with Crippen molar-refractivity contribution < 1.29 is 0 Å². The number of nitrogens with zero attached hydrogens (tertiary/aromatic N) is 5. The second-order valence-electron chi connectivity index (χ2n) is 4.90. The van der Waals surface area contributed by atoms with Gasteiger partial charge in [-0.25, -0.2) is 9.97 Å². The second-order valence-corrected chi connectivity index (χ2v) is 4.90. The lowest BCUT2D eigenvalue weighted by molar-refractivity contribution is 0.482. The molecule has 0 unspecified atom stereocenters. The van der Waals surface area contributed by atoms with Crippen LogP contribution in [0.1, 0.15) is 12.8 Å². The van der Waals surface area contributed by atoms with Crippen molar-refractivity contribution in [2.24, 2.45) is 5.92 Å². The summed E-state index contributed by atoms with van der Waals surface area (Å²) in [4.78, 5) is 15.1. The molecule has 5 heteroatoms. The van der Waals surface area contributed by atoms with Gasteiger partial charge in [-0.2, -0.15) is 5.26 Å². The van der Waals surface area contributed by atoms with E-state index in [9.17, 15) is 0 Å². The van der Waals surface area contributed by atoms with E-state index in [4.69, 9.17) is 5.26 Å². The van der Waals surface area contributed by atoms with Gasteiger partial charge in [0.25, 0.3) is 0 Å². The van der Waals surface area contributed by atoms with Crippen LogP contribution in [-0.2, 0) is 0 Å². The molecule has 1 fully saturated rings. The van der Waals surface area contributed by atoms with E-state index in [1.54, 1.807) is 12.4 Å². The van der Waals surface area contributed by atoms with Gasteiger partial charge in [-0.1, -0.05) is 6.07 Å². The molecule has 2 aromatic heterocycles. The fourth-order valence-electron chi connectivity index (χ4n) is 2.38. The molecule has 1 saturated heterocycles. The number of hydrogen-bond donors (Lipinski definition) is 0. The van der Waals surface area contributed by atoms with Crippen LogP contribution >= 0.6 is 0 Å². The summed E-state index contributed by atoms with van der Waals surface area (Å²) in [5, 5.41) is 8.90. The molecule has 0 N–H and O–H groups in total. The minimum atomic E-state index is 0.181. The van der Waals surface area contributed by atoms with Crippen LogP contribution in [-0.4, -0.2) is 28.0 Å². The van der Waals surface area contributed by atoms with Crippen LogP contribution in [0, 0.1) is 17.2 Å². The van der Waals surface area contributed by atoms with E-state index >= 15 is 0 Å². The summed E-state index contributed by atoms with van der Waals surface area (Å²) < 4.78 is 0. The van der Waals surface area contributed by atoms with E-state index in [0.29, 0.717) is 0 Å². The SMILES string of the molecule is N#CC1CCN(c2ncc(-c3cccnc3)cn2)CC1. The normalized spacial score (nSPS) is 15.8. The van der Waals surface area contributed by atoms with E-state index in [1.165, 1.54) is 0 Å². The second kappa shape index (κ2) is 5.66. The van der Waals surface area contributed by atoms with Crippen molar-refractivity contribution >= 4 is 5.95 Å². The van der Waals surface area contributed by atoms with Crippen LogP contribution in [0.25, 0.3) is 11.1 Å². The maximum atomic E-state index is 8.90. The Labute approximate surface area is 117 Å². The highest BCUT2D eigenvalue weighted by atomic mass is 15.2. The third kappa shape index (κ3) is 2.59. The average Bonchev–Trinajstić information content (AvgIpc) is 2.56. The van der Waals surface area contributed by atoms with Gasteiger partial charge >= 0.3 is 0 Å². The molecule has 5 nitrogen and oxygen atoms in total. The minimum absolute atomic E-state index is 0.181. The zero-order valence-corrected chi connectivity index (χ0v) is 11.1. The molecule has 1 aliphatic heterocycles. The van der Waals surface area contributed by atoms with Crippen molar-refractivity contribution in [3.8, 4) is 17.2 Å². The van der Waals surface area contributed by atoms with Crippen LogP contribution < -0.4 is 4.90 Å². The Morgan fingerprint density at radius 3 is 2.45 bits per heavy atom. The molecule has 0 atom stereocenters. The van der Waals surface area contributed by atoms with Crippen molar-refractivity contribution in [1.82, 2.24) is 15.0 Å². The Hall–Kier alpha value is -2.48. The largest absolute Gasteiger partial charge is 0.341 e. The van der Waals surface area contributed by atoms with E-state index in [1.807, 2.05) is 24.5 Å². The van der Waals surface area contributed by atoms with Gasteiger partial charge in [-0.05, 0) is 18.9 Å². The molecule has 2 aromatic rings. The van der Waals surface area contributed by atoms with E-state index in [-0.39, 0.29) is 5.92 Å². The molecule has 0 bridgehead atoms. The Kier molecular flexibility index (Phi) is 3.55. The maximum absolute atomic E-state index is 8.90. The van der Waals surface area contributed by atoms with E-state index < -0.39 is 0 Å². The lowest BCUT2D eigenvalue weighted by Gasteiger charge is -2.28. The van der Waals surface area contributed by atoms with Crippen molar-refractivity contribution in [2.75, 3.05) is 18.0 Å². The highest BCUT2D eigenvalue weighted by molar-refractivity contribution is 5.60. The van der Waals surface area contributed by atoms with Gasteiger partial charge in [0.1, 0.15) is 0 Å². The summed E-state index contributed by atoms with van der Waals surface area (Å²) in [6, 6.07) is 6.22. The van der Waals surface area contributed by atoms with Gasteiger partial charge in [0.2, 0.25) is 5.95 Å². The smallest absolute Gasteiger partial charge is 0.225 e. The number of hydrogen-bond acceptors (Lipinski definition) is 5. The molecule has 20 heavy (non-hydrogen) atoms. The molecule has 100 valence electrons. The molecule has 0 aromatic carbocycles. The molecule has 0 spiro atoms. The topological polar surface area (TPSA) is 65.7 Å². The molecule has 0 saturated carbocycles. The first kappa shape index (κ1) is 12.5. The predicted octanol–water partition coefficient (Wildman–Crippen LogP) is 2.28. The Morgan fingerprint density at radius 1 is 1.10 bits per heavy atom. The summed E-state index contributed by atoms with van der Waals surface area (Å²) in [6.45, 7) is 1.70. The highest BCUT2D eigenvalue weighted by Gasteiger charge is 2.20. The number of rotatable bonds is 2. The molecule has 0 radical (unpaired) electrons. The number of pyridine rings is 1. The van der Waals surface area contributed by atoms with Crippen molar-refractivity contribution in [2.45, 2.75) is 12.8 Å². The fourth-order valence-corrected chi connectivity index (χ4v) is 2.38. The number of piperidine rings is 1. The summed E-state index contributed by atoms with van der Waals surface area (Å²) >= 11 is 0. The van der Waals surface area contributed by atoms with Gasteiger partial charge in [-0.15, -0.1) is 0 Å². The van der Waals surface area contributed by atoms with E-state index in [0.717, 1.165) is 43.0 Å². The summed E-state index contributed by atoms with van der Waals surface area (Å²) in [5.74, 6) is 0.926. The lowest BCUT2D eigenvalue weighted by Crippen LogP contribution is -2.34. The lowest BCUT2D eigenvalue weighted by atomic mass is 9.99. The average molecular weight is 265 g/mol. The fraction of sp³-hybridized carbons (Fsp3) is 0.333. The zero-order valence-electron chi connectivity index (χ0n) is 11.1. The van der Waals surface area contributed by atoms with Crippen LogP contribution in [0.15, 0.2) is 36.9 Å². The van der Waals surface area contributed by atoms with Gasteiger partial charge in [0.15, 0.2) is 0 Å². The zero-order chi connectivity index (χ0) is 13.8. The molecular weight excluding hydrogens is 250 g/mol. The molecule has 0 amide bonds. The summed E-state index contributed by atoms with van der Waals surface area (Å²) in [7, 11) is 0. The quantitative estimate of drug-likeness (QED) is 0.833. The van der Waals surface area contributed by atoms with Gasteiger partial charge < -0.3 is 4.90 Å². The first-order valence-electron chi connectivity index (χ1n) is 6.74. The Balaban J connectivity index is 1.73. The van der Waals surface area contributed by atoms with Gasteiger partial charge in [-0.3, -0.25) is 4.98 Å². The van der Waals surface area contributed by atoms with Crippen LogP contribution in [0.3, 0.4) is 0 Å². The summed E-state index contributed by atoms with van der Waals surface area (Å²) in [5.41, 5.74) is 1.98. The van der Waals surface area contributed by atoms with Crippen molar-refractivity contribution in [3.05, 3.63) is 36.9 Å². The van der Waals surface area contributed by atoms with E-state index in [2.05, 4.69) is 25.9 Å².